The fourth-order valence-corrected chi connectivity index (χ4v) is 2.53. The van der Waals surface area contributed by atoms with E-state index in [-0.39, 0.29) is 11.7 Å². The third-order valence-corrected chi connectivity index (χ3v) is 3.63. The Hall–Kier alpha value is -2.94. The van der Waals surface area contributed by atoms with Crippen molar-refractivity contribution >= 4 is 34.3 Å². The number of hydrogen-bond donors (Lipinski definition) is 4. The van der Waals surface area contributed by atoms with Gasteiger partial charge in [0, 0.05) is 5.56 Å². The Balaban J connectivity index is 2.06. The molecule has 0 radical (unpaired) electrons. The summed E-state index contributed by atoms with van der Waals surface area (Å²) in [6.45, 7) is -0.838. The first-order valence-electron chi connectivity index (χ1n) is 6.56. The number of nitrogens with one attached hydrogen (secondary N) is 2. The molecule has 1 heterocycles. The van der Waals surface area contributed by atoms with E-state index < -0.39 is 24.3 Å². The zero-order valence-corrected chi connectivity index (χ0v) is 12.7. The molecule has 9 heteroatoms. The van der Waals surface area contributed by atoms with Crippen LogP contribution in [0.25, 0.3) is 11.3 Å². The highest BCUT2D eigenvalue weighted by Gasteiger charge is 2.19. The third kappa shape index (κ3) is 4.51. The summed E-state index contributed by atoms with van der Waals surface area (Å²) in [5, 5.41) is 13.3. The number of aliphatic carboxylic acids is 1. The minimum absolute atomic E-state index is 0.240. The van der Waals surface area contributed by atoms with Crippen molar-refractivity contribution in [3.63, 3.8) is 0 Å². The molecule has 0 aliphatic carbocycles. The van der Waals surface area contributed by atoms with Crippen LogP contribution in [0.3, 0.4) is 0 Å². The SMILES string of the molecule is Nc1nc(-c2ccccc2)c(C(=O)NCC(=O)NCC(=O)O)s1. The van der Waals surface area contributed by atoms with Crippen LogP contribution in [0.5, 0.6) is 0 Å². The number of aromatic nitrogens is 1. The summed E-state index contributed by atoms with van der Waals surface area (Å²) in [4.78, 5) is 38.4. The molecule has 0 aliphatic heterocycles. The summed E-state index contributed by atoms with van der Waals surface area (Å²) in [6.07, 6.45) is 0. The zero-order valence-electron chi connectivity index (χ0n) is 11.9. The number of anilines is 1. The third-order valence-electron chi connectivity index (χ3n) is 2.74. The summed E-state index contributed by atoms with van der Waals surface area (Å²) in [5.74, 6) is -2.26. The molecule has 0 unspecified atom stereocenters. The highest BCUT2D eigenvalue weighted by atomic mass is 32.1. The minimum atomic E-state index is -1.16. The standard InChI is InChI=1S/C14H14N4O4S/c15-14-18-11(8-4-2-1-3-5-8)12(23-14)13(22)17-6-9(19)16-7-10(20)21/h1-5H,6-7H2,(H2,15,18)(H,16,19)(H,17,22)(H,20,21). The van der Waals surface area contributed by atoms with Gasteiger partial charge >= 0.3 is 5.97 Å². The van der Waals surface area contributed by atoms with Crippen molar-refractivity contribution in [3.05, 3.63) is 35.2 Å². The summed E-state index contributed by atoms with van der Waals surface area (Å²) < 4.78 is 0. The van der Waals surface area contributed by atoms with Crippen LogP contribution in [0.4, 0.5) is 5.13 Å². The Morgan fingerprint density at radius 1 is 1.13 bits per heavy atom. The normalized spacial score (nSPS) is 10.1. The summed E-state index contributed by atoms with van der Waals surface area (Å²) >= 11 is 1.02. The number of nitrogens with zero attached hydrogens (tertiary/aromatic N) is 1. The lowest BCUT2D eigenvalue weighted by Gasteiger charge is -2.05. The molecule has 1 aromatic heterocycles. The van der Waals surface area contributed by atoms with Crippen molar-refractivity contribution in [1.82, 2.24) is 15.6 Å². The first-order chi connectivity index (χ1) is 11.0. The number of carboxylic acid groups (broad SMARTS) is 1. The Kier molecular flexibility index (Phi) is 5.26. The van der Waals surface area contributed by atoms with E-state index in [4.69, 9.17) is 10.8 Å². The molecule has 23 heavy (non-hydrogen) atoms. The number of nitrogens with two attached hydrogens (primary N) is 1. The largest absolute Gasteiger partial charge is 0.480 e. The molecular weight excluding hydrogens is 320 g/mol. The van der Waals surface area contributed by atoms with Crippen LogP contribution < -0.4 is 16.4 Å². The van der Waals surface area contributed by atoms with E-state index in [1.807, 2.05) is 18.2 Å². The quantitative estimate of drug-likeness (QED) is 0.601. The smallest absolute Gasteiger partial charge is 0.322 e. The first-order valence-corrected chi connectivity index (χ1v) is 7.37. The van der Waals surface area contributed by atoms with E-state index in [1.165, 1.54) is 0 Å². The molecule has 0 fully saturated rings. The molecule has 120 valence electrons. The van der Waals surface area contributed by atoms with Crippen LogP contribution in [0, 0.1) is 0 Å². The molecule has 0 bridgehead atoms. The number of carbonyl (C=O) groups excluding carboxylic acids is 2. The molecule has 2 rings (SSSR count). The maximum absolute atomic E-state index is 12.2. The van der Waals surface area contributed by atoms with Gasteiger partial charge in [0.1, 0.15) is 11.4 Å². The molecule has 1 aromatic carbocycles. The monoisotopic (exact) mass is 334 g/mol. The van der Waals surface area contributed by atoms with E-state index in [0.717, 1.165) is 16.9 Å². The van der Waals surface area contributed by atoms with Gasteiger partial charge < -0.3 is 21.5 Å². The van der Waals surface area contributed by atoms with Gasteiger partial charge in [-0.15, -0.1) is 0 Å². The van der Waals surface area contributed by atoms with E-state index in [0.29, 0.717) is 10.6 Å². The second-order valence-corrected chi connectivity index (χ2v) is 5.48. The average Bonchev–Trinajstić information content (AvgIpc) is 2.93. The molecule has 2 aromatic rings. The van der Waals surface area contributed by atoms with Gasteiger partial charge in [-0.2, -0.15) is 0 Å². The number of carbonyl (C=O) groups is 3. The predicted octanol–water partition coefficient (Wildman–Crippen LogP) is 0.323. The Morgan fingerprint density at radius 3 is 2.48 bits per heavy atom. The van der Waals surface area contributed by atoms with Crippen molar-refractivity contribution in [2.45, 2.75) is 0 Å². The van der Waals surface area contributed by atoms with Crippen LogP contribution in [0.15, 0.2) is 30.3 Å². The lowest BCUT2D eigenvalue weighted by Crippen LogP contribution is -2.38. The molecule has 0 spiro atoms. The number of rotatable bonds is 6. The minimum Gasteiger partial charge on any atom is -0.480 e. The van der Waals surface area contributed by atoms with Gasteiger partial charge in [-0.3, -0.25) is 14.4 Å². The van der Waals surface area contributed by atoms with Gasteiger partial charge in [-0.1, -0.05) is 41.7 Å². The van der Waals surface area contributed by atoms with Crippen molar-refractivity contribution in [3.8, 4) is 11.3 Å². The second-order valence-electron chi connectivity index (χ2n) is 4.45. The van der Waals surface area contributed by atoms with Crippen molar-refractivity contribution in [2.75, 3.05) is 18.8 Å². The van der Waals surface area contributed by atoms with Crippen LogP contribution >= 0.6 is 11.3 Å². The van der Waals surface area contributed by atoms with Crippen molar-refractivity contribution in [2.24, 2.45) is 0 Å². The Morgan fingerprint density at radius 2 is 1.83 bits per heavy atom. The Bertz CT molecular complexity index is 730. The van der Waals surface area contributed by atoms with Gasteiger partial charge in [-0.25, -0.2) is 4.98 Å². The molecule has 2 amide bonds. The van der Waals surface area contributed by atoms with Gasteiger partial charge in [0.25, 0.3) is 5.91 Å². The first kappa shape index (κ1) is 16.4. The van der Waals surface area contributed by atoms with Gasteiger partial charge in [0.2, 0.25) is 5.91 Å². The molecule has 5 N–H and O–H groups in total. The van der Waals surface area contributed by atoms with Gasteiger partial charge in [-0.05, 0) is 0 Å². The van der Waals surface area contributed by atoms with E-state index in [2.05, 4.69) is 15.6 Å². The van der Waals surface area contributed by atoms with Crippen LogP contribution in [0.2, 0.25) is 0 Å². The van der Waals surface area contributed by atoms with E-state index in [1.54, 1.807) is 12.1 Å². The highest BCUT2D eigenvalue weighted by molar-refractivity contribution is 7.17. The molecule has 8 nitrogen and oxygen atoms in total. The Labute approximate surface area is 135 Å². The number of carboxylic acids is 1. The molecular formula is C14H14N4O4S. The fourth-order valence-electron chi connectivity index (χ4n) is 1.76. The number of benzene rings is 1. The van der Waals surface area contributed by atoms with E-state index in [9.17, 15) is 14.4 Å². The summed E-state index contributed by atoms with van der Waals surface area (Å²) in [5.41, 5.74) is 6.85. The summed E-state index contributed by atoms with van der Waals surface area (Å²) in [7, 11) is 0. The number of nitrogen functional groups attached to an aromatic ring is 1. The van der Waals surface area contributed by atoms with Gasteiger partial charge in [0.05, 0.1) is 12.2 Å². The van der Waals surface area contributed by atoms with Crippen LogP contribution in [-0.4, -0.2) is 41.0 Å². The lowest BCUT2D eigenvalue weighted by molar-refractivity contribution is -0.137. The topological polar surface area (TPSA) is 134 Å². The lowest BCUT2D eigenvalue weighted by atomic mass is 10.1. The van der Waals surface area contributed by atoms with Gasteiger partial charge in [0.15, 0.2) is 5.13 Å². The fraction of sp³-hybridized carbons (Fsp3) is 0.143. The van der Waals surface area contributed by atoms with Crippen LogP contribution in [-0.2, 0) is 9.59 Å². The molecule has 0 saturated carbocycles. The van der Waals surface area contributed by atoms with Crippen molar-refractivity contribution < 1.29 is 19.5 Å². The van der Waals surface area contributed by atoms with Crippen molar-refractivity contribution in [1.29, 1.82) is 0 Å². The maximum atomic E-state index is 12.2. The predicted molar refractivity (Wildman–Crippen MR) is 84.9 cm³/mol. The summed E-state index contributed by atoms with van der Waals surface area (Å²) in [6, 6.07) is 9.05. The molecule has 0 atom stereocenters. The maximum Gasteiger partial charge on any atom is 0.322 e. The molecule has 0 saturated heterocycles. The van der Waals surface area contributed by atoms with E-state index >= 15 is 0 Å². The zero-order chi connectivity index (χ0) is 16.8. The average molecular weight is 334 g/mol. The molecule has 0 aliphatic rings. The highest BCUT2D eigenvalue weighted by Crippen LogP contribution is 2.29. The number of thiazole rings is 1. The van der Waals surface area contributed by atoms with Crippen LogP contribution in [0.1, 0.15) is 9.67 Å². The number of hydrogen-bond acceptors (Lipinski definition) is 6. The number of amides is 2. The second kappa shape index (κ2) is 7.36.